The first kappa shape index (κ1) is 8.07. The van der Waals surface area contributed by atoms with Crippen molar-refractivity contribution in [3.8, 4) is 5.69 Å². The molecular formula is C8H7ClN4. The summed E-state index contributed by atoms with van der Waals surface area (Å²) in [6.45, 7) is 0. The molecule has 0 saturated carbocycles. The van der Waals surface area contributed by atoms with E-state index in [9.17, 15) is 0 Å². The van der Waals surface area contributed by atoms with Crippen molar-refractivity contribution in [3.63, 3.8) is 0 Å². The van der Waals surface area contributed by atoms with E-state index in [1.54, 1.807) is 4.57 Å². The lowest BCUT2D eigenvalue weighted by Crippen LogP contribution is -2.02. The maximum absolute atomic E-state index is 5.87. The fourth-order valence-corrected chi connectivity index (χ4v) is 1.33. The lowest BCUT2D eigenvalue weighted by molar-refractivity contribution is 1.03. The molecule has 0 aliphatic rings. The topological polar surface area (TPSA) is 56.7 Å². The number of nitrogens with zero attached hydrogens (tertiary/aromatic N) is 3. The number of rotatable bonds is 1. The van der Waals surface area contributed by atoms with Gasteiger partial charge in [-0.05, 0) is 12.1 Å². The number of nitrogens with two attached hydrogens (primary N) is 1. The highest BCUT2D eigenvalue weighted by Gasteiger charge is 2.07. The second kappa shape index (κ2) is 3.06. The third-order valence-electron chi connectivity index (χ3n) is 1.67. The van der Waals surface area contributed by atoms with E-state index in [0.717, 1.165) is 0 Å². The first-order chi connectivity index (χ1) is 6.29. The van der Waals surface area contributed by atoms with Crippen LogP contribution in [-0.4, -0.2) is 14.5 Å². The van der Waals surface area contributed by atoms with Crippen LogP contribution in [0.1, 0.15) is 0 Å². The first-order valence-corrected chi connectivity index (χ1v) is 4.06. The van der Waals surface area contributed by atoms with E-state index in [4.69, 9.17) is 17.3 Å². The van der Waals surface area contributed by atoms with Crippen LogP contribution in [0.4, 0.5) is 5.82 Å². The summed E-state index contributed by atoms with van der Waals surface area (Å²) in [6, 6.07) is 3.76. The van der Waals surface area contributed by atoms with Crippen LogP contribution in [0.5, 0.6) is 0 Å². The summed E-state index contributed by atoms with van der Waals surface area (Å²) in [6.07, 6.45) is 5.01. The van der Waals surface area contributed by atoms with Gasteiger partial charge in [0.2, 0.25) is 0 Å². The Morgan fingerprint density at radius 2 is 1.92 bits per heavy atom. The molecule has 5 heteroatoms. The van der Waals surface area contributed by atoms with Crippen molar-refractivity contribution in [2.45, 2.75) is 0 Å². The molecule has 13 heavy (non-hydrogen) atoms. The molecule has 0 saturated heterocycles. The molecule has 2 N–H and O–H groups in total. The van der Waals surface area contributed by atoms with Gasteiger partial charge >= 0.3 is 0 Å². The third kappa shape index (κ3) is 1.36. The highest BCUT2D eigenvalue weighted by Crippen LogP contribution is 2.21. The molecule has 2 aromatic rings. The van der Waals surface area contributed by atoms with E-state index in [0.29, 0.717) is 16.7 Å². The molecule has 2 aromatic heterocycles. The summed E-state index contributed by atoms with van der Waals surface area (Å²) in [7, 11) is 0. The predicted octanol–water partition coefficient (Wildman–Crippen LogP) is 1.50. The van der Waals surface area contributed by atoms with Crippen molar-refractivity contribution >= 4 is 17.4 Å². The summed E-state index contributed by atoms with van der Waals surface area (Å²) in [5.74, 6) is 0.371. The lowest BCUT2D eigenvalue weighted by Gasteiger charge is -2.06. The molecule has 0 fully saturated rings. The molecule has 0 bridgehead atoms. The fraction of sp³-hybridized carbons (Fsp3) is 0. The second-order valence-electron chi connectivity index (χ2n) is 2.49. The van der Waals surface area contributed by atoms with Gasteiger partial charge in [0.25, 0.3) is 0 Å². The number of anilines is 1. The molecule has 0 atom stereocenters. The Morgan fingerprint density at radius 1 is 1.23 bits per heavy atom. The number of nitrogen functional groups attached to an aromatic ring is 1. The Kier molecular flexibility index (Phi) is 1.90. The van der Waals surface area contributed by atoms with Crippen LogP contribution in [-0.2, 0) is 0 Å². The Bertz CT molecular complexity index is 390. The van der Waals surface area contributed by atoms with Gasteiger partial charge < -0.3 is 10.3 Å². The molecular weight excluding hydrogens is 188 g/mol. The zero-order valence-corrected chi connectivity index (χ0v) is 7.44. The Balaban J connectivity index is 2.64. The van der Waals surface area contributed by atoms with E-state index < -0.39 is 0 Å². The van der Waals surface area contributed by atoms with Gasteiger partial charge in [0, 0.05) is 12.4 Å². The van der Waals surface area contributed by atoms with Crippen LogP contribution >= 0.6 is 11.6 Å². The van der Waals surface area contributed by atoms with Crippen molar-refractivity contribution in [1.82, 2.24) is 14.5 Å². The van der Waals surface area contributed by atoms with Gasteiger partial charge in [-0.1, -0.05) is 11.6 Å². The van der Waals surface area contributed by atoms with Crippen molar-refractivity contribution < 1.29 is 0 Å². The molecule has 0 amide bonds. The number of hydrogen-bond donors (Lipinski definition) is 1. The highest BCUT2D eigenvalue weighted by molar-refractivity contribution is 6.31. The molecule has 0 radical (unpaired) electrons. The van der Waals surface area contributed by atoms with E-state index in [1.807, 2.05) is 24.5 Å². The zero-order valence-electron chi connectivity index (χ0n) is 6.68. The minimum atomic E-state index is 0.351. The SMILES string of the molecule is Nc1ncnc(Cl)c1-n1cccc1. The highest BCUT2D eigenvalue weighted by atomic mass is 35.5. The zero-order chi connectivity index (χ0) is 9.26. The Hall–Kier alpha value is -1.55. The number of hydrogen-bond acceptors (Lipinski definition) is 3. The minimum absolute atomic E-state index is 0.351. The maximum atomic E-state index is 5.87. The molecule has 2 rings (SSSR count). The average molecular weight is 195 g/mol. The van der Waals surface area contributed by atoms with Crippen LogP contribution in [0.3, 0.4) is 0 Å². The van der Waals surface area contributed by atoms with Crippen molar-refractivity contribution in [1.29, 1.82) is 0 Å². The van der Waals surface area contributed by atoms with Gasteiger partial charge in [-0.25, -0.2) is 9.97 Å². The summed E-state index contributed by atoms with van der Waals surface area (Å²) in [5, 5.41) is 0.351. The lowest BCUT2D eigenvalue weighted by atomic mass is 10.4. The van der Waals surface area contributed by atoms with Crippen LogP contribution in [0, 0.1) is 0 Å². The van der Waals surface area contributed by atoms with Crippen LogP contribution < -0.4 is 5.73 Å². The smallest absolute Gasteiger partial charge is 0.158 e. The molecule has 0 unspecified atom stereocenters. The predicted molar refractivity (Wildman–Crippen MR) is 50.8 cm³/mol. The van der Waals surface area contributed by atoms with E-state index in [1.165, 1.54) is 6.33 Å². The van der Waals surface area contributed by atoms with Gasteiger partial charge in [-0.2, -0.15) is 0 Å². The van der Waals surface area contributed by atoms with Crippen LogP contribution in [0.25, 0.3) is 5.69 Å². The van der Waals surface area contributed by atoms with Gasteiger partial charge in [0.15, 0.2) is 11.0 Å². The second-order valence-corrected chi connectivity index (χ2v) is 2.85. The van der Waals surface area contributed by atoms with Gasteiger partial charge in [0.1, 0.15) is 12.0 Å². The summed E-state index contributed by atoms with van der Waals surface area (Å²) < 4.78 is 1.78. The molecule has 0 spiro atoms. The number of aromatic nitrogens is 3. The minimum Gasteiger partial charge on any atom is -0.382 e. The average Bonchev–Trinajstić information content (AvgIpc) is 2.57. The van der Waals surface area contributed by atoms with Crippen LogP contribution in [0.2, 0.25) is 5.15 Å². The third-order valence-corrected chi connectivity index (χ3v) is 1.95. The van der Waals surface area contributed by atoms with Gasteiger partial charge in [-0.3, -0.25) is 0 Å². The normalized spacial score (nSPS) is 10.2. The molecule has 0 aliphatic heterocycles. The first-order valence-electron chi connectivity index (χ1n) is 3.68. The molecule has 66 valence electrons. The molecule has 4 nitrogen and oxygen atoms in total. The quantitative estimate of drug-likeness (QED) is 0.700. The largest absolute Gasteiger partial charge is 0.382 e. The van der Waals surface area contributed by atoms with E-state index in [-0.39, 0.29) is 0 Å². The van der Waals surface area contributed by atoms with Gasteiger partial charge in [0.05, 0.1) is 0 Å². The van der Waals surface area contributed by atoms with Gasteiger partial charge in [-0.15, -0.1) is 0 Å². The van der Waals surface area contributed by atoms with Crippen molar-refractivity contribution in [2.24, 2.45) is 0 Å². The standard InChI is InChI=1S/C8H7ClN4/c9-7-6(8(10)12-5-11-7)13-3-1-2-4-13/h1-5H,(H2,10,11,12). The Labute approximate surface area is 80.0 Å². The number of halogens is 1. The molecule has 0 aromatic carbocycles. The molecule has 0 aliphatic carbocycles. The maximum Gasteiger partial charge on any atom is 0.158 e. The fourth-order valence-electron chi connectivity index (χ4n) is 1.09. The van der Waals surface area contributed by atoms with E-state index >= 15 is 0 Å². The van der Waals surface area contributed by atoms with E-state index in [2.05, 4.69) is 9.97 Å². The monoisotopic (exact) mass is 194 g/mol. The Morgan fingerprint density at radius 3 is 2.54 bits per heavy atom. The van der Waals surface area contributed by atoms with Crippen LogP contribution in [0.15, 0.2) is 30.9 Å². The molecule has 2 heterocycles. The summed E-state index contributed by atoms with van der Waals surface area (Å²) in [5.41, 5.74) is 6.28. The van der Waals surface area contributed by atoms with Crippen molar-refractivity contribution in [2.75, 3.05) is 5.73 Å². The summed E-state index contributed by atoms with van der Waals surface area (Å²) in [4.78, 5) is 7.71. The summed E-state index contributed by atoms with van der Waals surface area (Å²) >= 11 is 5.87. The van der Waals surface area contributed by atoms with Crippen molar-refractivity contribution in [3.05, 3.63) is 36.0 Å².